The van der Waals surface area contributed by atoms with Gasteiger partial charge in [-0.15, -0.1) is 0 Å². The van der Waals surface area contributed by atoms with Gasteiger partial charge >= 0.3 is 0 Å². The van der Waals surface area contributed by atoms with E-state index in [0.29, 0.717) is 0 Å². The van der Waals surface area contributed by atoms with Gasteiger partial charge in [-0.1, -0.05) is 37.0 Å². The van der Waals surface area contributed by atoms with Gasteiger partial charge in [0.05, 0.1) is 18.2 Å². The molecule has 0 amide bonds. The summed E-state index contributed by atoms with van der Waals surface area (Å²) >= 11 is 11.9. The van der Waals surface area contributed by atoms with E-state index in [1.807, 2.05) is 13.8 Å². The normalized spacial score (nSPS) is 13.7. The van der Waals surface area contributed by atoms with E-state index in [-0.39, 0.29) is 33.0 Å². The van der Waals surface area contributed by atoms with Gasteiger partial charge in [0.1, 0.15) is 4.90 Å². The molecule has 1 atom stereocenters. The van der Waals surface area contributed by atoms with Crippen LogP contribution in [0.2, 0.25) is 10.0 Å². The summed E-state index contributed by atoms with van der Waals surface area (Å²) in [6.45, 7) is 3.60. The Morgan fingerprint density at radius 2 is 1.95 bits per heavy atom. The molecule has 0 saturated heterocycles. The second kappa shape index (κ2) is 7.76. The fourth-order valence-electron chi connectivity index (χ4n) is 1.73. The monoisotopic (exact) mass is 355 g/mol. The molecule has 0 radical (unpaired) electrons. The molecule has 0 bridgehead atoms. The minimum atomic E-state index is -3.87. The number of ether oxygens (including phenoxy) is 1. The number of methoxy groups -OCH3 is 1. The lowest BCUT2D eigenvalue weighted by Gasteiger charge is -2.22. The number of hydrogen-bond acceptors (Lipinski definition) is 4. The molecule has 1 unspecified atom stereocenters. The molecule has 21 heavy (non-hydrogen) atoms. The minimum absolute atomic E-state index is 0.0330. The second-order valence-corrected chi connectivity index (χ2v) is 7.46. The summed E-state index contributed by atoms with van der Waals surface area (Å²) in [5.41, 5.74) is 0.261. The van der Waals surface area contributed by atoms with Gasteiger partial charge in [0.15, 0.2) is 0 Å². The number of halogens is 2. The Kier molecular flexibility index (Phi) is 6.90. The Morgan fingerprint density at radius 1 is 1.33 bits per heavy atom. The van der Waals surface area contributed by atoms with E-state index in [0.717, 1.165) is 0 Å². The molecule has 0 aliphatic rings. The lowest BCUT2D eigenvalue weighted by Crippen LogP contribution is -2.41. The number of sulfonamides is 1. The van der Waals surface area contributed by atoms with Gasteiger partial charge in [0.25, 0.3) is 0 Å². The fourth-order valence-corrected chi connectivity index (χ4v) is 4.03. The Labute approximate surface area is 135 Å². The predicted molar refractivity (Wildman–Crippen MR) is 83.2 cm³/mol. The third-order valence-corrected chi connectivity index (χ3v) is 5.29. The molecule has 0 heterocycles. The Bertz CT molecular complexity index is 590. The van der Waals surface area contributed by atoms with E-state index in [4.69, 9.17) is 27.9 Å². The molecule has 0 fully saturated rings. The summed E-state index contributed by atoms with van der Waals surface area (Å²) in [5.74, 6) is 0.0370. The third-order valence-electron chi connectivity index (χ3n) is 3.00. The van der Waals surface area contributed by atoms with Crippen LogP contribution in [0.3, 0.4) is 0 Å². The highest BCUT2D eigenvalue weighted by atomic mass is 35.5. The molecule has 0 saturated carbocycles. The first-order chi connectivity index (χ1) is 9.72. The summed E-state index contributed by atoms with van der Waals surface area (Å²) in [6, 6.07) is 2.29. The molecular weight excluding hydrogens is 337 g/mol. The van der Waals surface area contributed by atoms with Gasteiger partial charge in [0.2, 0.25) is 10.0 Å². The van der Waals surface area contributed by atoms with Gasteiger partial charge < -0.3 is 9.84 Å². The zero-order valence-corrected chi connectivity index (χ0v) is 14.4. The van der Waals surface area contributed by atoms with Crippen LogP contribution in [0.5, 0.6) is 0 Å². The van der Waals surface area contributed by atoms with Crippen molar-refractivity contribution in [2.45, 2.75) is 31.4 Å². The number of aliphatic hydroxyl groups excluding tert-OH is 1. The average molecular weight is 356 g/mol. The fraction of sp³-hybridized carbons (Fsp3) is 0.538. The van der Waals surface area contributed by atoms with Crippen molar-refractivity contribution in [3.05, 3.63) is 27.7 Å². The molecule has 1 aromatic rings. The van der Waals surface area contributed by atoms with Crippen LogP contribution in [0.4, 0.5) is 0 Å². The van der Waals surface area contributed by atoms with Gasteiger partial charge in [-0.3, -0.25) is 0 Å². The molecule has 1 aromatic carbocycles. The van der Waals surface area contributed by atoms with Crippen molar-refractivity contribution in [3.63, 3.8) is 0 Å². The van der Waals surface area contributed by atoms with Crippen LogP contribution in [-0.2, 0) is 21.4 Å². The van der Waals surface area contributed by atoms with Crippen molar-refractivity contribution in [3.8, 4) is 0 Å². The topological polar surface area (TPSA) is 75.6 Å². The Morgan fingerprint density at radius 3 is 2.43 bits per heavy atom. The maximum Gasteiger partial charge on any atom is 0.242 e. The van der Waals surface area contributed by atoms with E-state index in [2.05, 4.69) is 4.72 Å². The van der Waals surface area contributed by atoms with E-state index in [1.54, 1.807) is 0 Å². The average Bonchev–Trinajstić information content (AvgIpc) is 2.40. The Balaban J connectivity index is 3.21. The van der Waals surface area contributed by atoms with Crippen LogP contribution in [0.25, 0.3) is 0 Å². The van der Waals surface area contributed by atoms with Crippen molar-refractivity contribution in [2.24, 2.45) is 5.92 Å². The zero-order valence-electron chi connectivity index (χ0n) is 12.1. The van der Waals surface area contributed by atoms with Crippen molar-refractivity contribution < 1.29 is 18.3 Å². The molecule has 1 rings (SSSR count). The number of nitrogens with one attached hydrogen (secondary N) is 1. The third kappa shape index (κ3) is 4.81. The standard InChI is InChI=1S/C13H19Cl2NO4S/c1-8(2)11(7-20-3)16-21(18,19)12-5-10(14)4-9(6-17)13(12)15/h4-5,8,11,16-17H,6-7H2,1-3H3. The number of hydrogen-bond donors (Lipinski definition) is 2. The lowest BCUT2D eigenvalue weighted by molar-refractivity contribution is 0.157. The SMILES string of the molecule is COCC(NS(=O)(=O)c1cc(Cl)cc(CO)c1Cl)C(C)C. The van der Waals surface area contributed by atoms with Crippen molar-refractivity contribution in [1.29, 1.82) is 0 Å². The molecule has 0 aliphatic carbocycles. The highest BCUT2D eigenvalue weighted by Crippen LogP contribution is 2.29. The van der Waals surface area contributed by atoms with Crippen LogP contribution in [-0.4, -0.2) is 33.3 Å². The first kappa shape index (κ1) is 18.7. The maximum atomic E-state index is 12.5. The van der Waals surface area contributed by atoms with E-state index in [1.165, 1.54) is 19.2 Å². The van der Waals surface area contributed by atoms with E-state index < -0.39 is 22.7 Å². The second-order valence-electron chi connectivity index (χ2n) is 4.96. The summed E-state index contributed by atoms with van der Waals surface area (Å²) in [5, 5.41) is 9.37. The van der Waals surface area contributed by atoms with Crippen LogP contribution in [0, 0.1) is 5.92 Å². The molecule has 5 nitrogen and oxygen atoms in total. The smallest absolute Gasteiger partial charge is 0.242 e. The van der Waals surface area contributed by atoms with Gasteiger partial charge in [-0.2, -0.15) is 0 Å². The van der Waals surface area contributed by atoms with Gasteiger partial charge in [0, 0.05) is 18.2 Å². The predicted octanol–water partition coefficient (Wildman–Crippen LogP) is 2.44. The summed E-state index contributed by atoms with van der Waals surface area (Å²) in [4.78, 5) is -0.150. The first-order valence-electron chi connectivity index (χ1n) is 6.33. The Hall–Kier alpha value is -0.370. The molecule has 0 spiro atoms. The zero-order chi connectivity index (χ0) is 16.2. The van der Waals surface area contributed by atoms with Crippen molar-refractivity contribution >= 4 is 33.2 Å². The molecule has 2 N–H and O–H groups in total. The largest absolute Gasteiger partial charge is 0.392 e. The molecule has 0 aliphatic heterocycles. The maximum absolute atomic E-state index is 12.5. The number of rotatable bonds is 7. The number of benzene rings is 1. The van der Waals surface area contributed by atoms with Crippen LogP contribution < -0.4 is 4.72 Å². The van der Waals surface area contributed by atoms with E-state index >= 15 is 0 Å². The lowest BCUT2D eigenvalue weighted by atomic mass is 10.1. The quantitative estimate of drug-likeness (QED) is 0.787. The number of aliphatic hydroxyl groups is 1. The molecule has 120 valence electrons. The van der Waals surface area contributed by atoms with Crippen LogP contribution >= 0.6 is 23.2 Å². The molecule has 8 heteroatoms. The molecular formula is C13H19Cl2NO4S. The van der Waals surface area contributed by atoms with Crippen LogP contribution in [0.1, 0.15) is 19.4 Å². The van der Waals surface area contributed by atoms with Gasteiger partial charge in [-0.05, 0) is 23.6 Å². The summed E-state index contributed by atoms with van der Waals surface area (Å²) in [7, 11) is -2.37. The minimum Gasteiger partial charge on any atom is -0.392 e. The van der Waals surface area contributed by atoms with E-state index in [9.17, 15) is 13.5 Å². The van der Waals surface area contributed by atoms with Crippen LogP contribution in [0.15, 0.2) is 17.0 Å². The highest BCUT2D eigenvalue weighted by Gasteiger charge is 2.26. The van der Waals surface area contributed by atoms with Gasteiger partial charge in [-0.25, -0.2) is 13.1 Å². The summed E-state index contributed by atoms with van der Waals surface area (Å²) in [6.07, 6.45) is 0. The van der Waals surface area contributed by atoms with Crippen molar-refractivity contribution in [2.75, 3.05) is 13.7 Å². The van der Waals surface area contributed by atoms with Crippen molar-refractivity contribution in [1.82, 2.24) is 4.72 Å². The first-order valence-corrected chi connectivity index (χ1v) is 8.57. The summed E-state index contributed by atoms with van der Waals surface area (Å²) < 4.78 is 32.5. The molecule has 0 aromatic heterocycles. The highest BCUT2D eigenvalue weighted by molar-refractivity contribution is 7.89.